The number of hydrogen-bond acceptors (Lipinski definition) is 4. The Morgan fingerprint density at radius 1 is 1.45 bits per heavy atom. The molecule has 0 spiro atoms. The number of para-hydroxylation sites is 2. The molecule has 0 amide bonds. The lowest BCUT2D eigenvalue weighted by Gasteiger charge is -2.30. The second kappa shape index (κ2) is 6.61. The van der Waals surface area contributed by atoms with Crippen LogP contribution in [0.1, 0.15) is 27.2 Å². The first-order valence-electron chi connectivity index (χ1n) is 7.03. The molecule has 0 aliphatic heterocycles. The van der Waals surface area contributed by atoms with E-state index in [-0.39, 0.29) is 12.1 Å². The lowest BCUT2D eigenvalue weighted by atomic mass is 9.97. The number of aromatic nitrogens is 2. The van der Waals surface area contributed by atoms with E-state index in [0.717, 1.165) is 29.2 Å². The minimum Gasteiger partial charge on any atom is -0.394 e. The number of benzene rings is 1. The molecule has 2 aromatic rings. The van der Waals surface area contributed by atoms with E-state index >= 15 is 0 Å². The molecule has 3 N–H and O–H groups in total. The number of imidazole rings is 1. The highest BCUT2D eigenvalue weighted by atomic mass is 32.2. The molecule has 0 fully saturated rings. The molecule has 20 heavy (non-hydrogen) atoms. The number of aliphatic hydroxyl groups excluding tert-OH is 1. The van der Waals surface area contributed by atoms with Crippen LogP contribution in [0.15, 0.2) is 29.4 Å². The van der Waals surface area contributed by atoms with Crippen LogP contribution in [-0.4, -0.2) is 39.0 Å². The number of likely N-dealkylation sites (N-methyl/N-ethyl adjacent to an activating group) is 1. The summed E-state index contributed by atoms with van der Waals surface area (Å²) in [5, 5.41) is 14.2. The molecule has 0 radical (unpaired) electrons. The highest BCUT2D eigenvalue weighted by Gasteiger charge is 2.25. The third-order valence-electron chi connectivity index (χ3n) is 3.37. The average molecular weight is 293 g/mol. The molecule has 2 rings (SSSR count). The number of fused-ring (bicyclic) bond motifs is 1. The van der Waals surface area contributed by atoms with E-state index in [9.17, 15) is 5.11 Å². The molecule has 2 unspecified atom stereocenters. The van der Waals surface area contributed by atoms with E-state index in [1.807, 2.05) is 24.3 Å². The van der Waals surface area contributed by atoms with Gasteiger partial charge in [0, 0.05) is 10.8 Å². The van der Waals surface area contributed by atoms with Crippen LogP contribution in [0.2, 0.25) is 0 Å². The predicted molar refractivity (Wildman–Crippen MR) is 85.2 cm³/mol. The van der Waals surface area contributed by atoms with Crippen molar-refractivity contribution in [2.24, 2.45) is 0 Å². The molecule has 2 atom stereocenters. The molecule has 1 aromatic carbocycles. The standard InChI is InChI=1S/C15H23N3OS/c1-4-16-15(3,10-19)9-11(2)20-14-17-12-7-5-6-8-13(12)18-14/h5-8,11,16,19H,4,9-10H2,1-3H3,(H,17,18). The van der Waals surface area contributed by atoms with Crippen LogP contribution < -0.4 is 5.32 Å². The number of rotatable bonds is 7. The van der Waals surface area contributed by atoms with Gasteiger partial charge in [-0.3, -0.25) is 0 Å². The maximum Gasteiger partial charge on any atom is 0.166 e. The van der Waals surface area contributed by atoms with Gasteiger partial charge in [-0.2, -0.15) is 0 Å². The van der Waals surface area contributed by atoms with Gasteiger partial charge in [0.05, 0.1) is 17.6 Å². The lowest BCUT2D eigenvalue weighted by molar-refractivity contribution is 0.168. The molecule has 0 aliphatic carbocycles. The number of nitrogens with one attached hydrogen (secondary N) is 2. The van der Waals surface area contributed by atoms with Crippen LogP contribution in [0.25, 0.3) is 11.0 Å². The average Bonchev–Trinajstić information content (AvgIpc) is 2.80. The van der Waals surface area contributed by atoms with Gasteiger partial charge in [-0.15, -0.1) is 0 Å². The van der Waals surface area contributed by atoms with Gasteiger partial charge in [-0.1, -0.05) is 37.7 Å². The summed E-state index contributed by atoms with van der Waals surface area (Å²) in [5.74, 6) is 0. The molecular formula is C15H23N3OS. The van der Waals surface area contributed by atoms with Crippen LogP contribution in [0, 0.1) is 0 Å². The molecule has 1 aromatic heterocycles. The topological polar surface area (TPSA) is 60.9 Å². The Balaban J connectivity index is 2.01. The monoisotopic (exact) mass is 293 g/mol. The Kier molecular flexibility index (Phi) is 5.07. The van der Waals surface area contributed by atoms with Crippen molar-refractivity contribution in [2.45, 2.75) is 43.1 Å². The molecule has 0 saturated heterocycles. The van der Waals surface area contributed by atoms with Crippen molar-refractivity contribution in [2.75, 3.05) is 13.2 Å². The second-order valence-electron chi connectivity index (χ2n) is 5.44. The van der Waals surface area contributed by atoms with Crippen molar-refractivity contribution < 1.29 is 5.11 Å². The number of aliphatic hydroxyl groups is 1. The summed E-state index contributed by atoms with van der Waals surface area (Å²) in [4.78, 5) is 7.91. The van der Waals surface area contributed by atoms with E-state index in [0.29, 0.717) is 5.25 Å². The smallest absolute Gasteiger partial charge is 0.166 e. The Bertz CT molecular complexity index is 524. The number of H-pyrrole nitrogens is 1. The van der Waals surface area contributed by atoms with E-state index in [2.05, 4.69) is 36.1 Å². The molecule has 0 bridgehead atoms. The van der Waals surface area contributed by atoms with Crippen LogP contribution in [0.4, 0.5) is 0 Å². The van der Waals surface area contributed by atoms with Gasteiger partial charge in [0.1, 0.15) is 0 Å². The molecule has 1 heterocycles. The van der Waals surface area contributed by atoms with Crippen molar-refractivity contribution in [3.05, 3.63) is 24.3 Å². The number of nitrogens with zero attached hydrogens (tertiary/aromatic N) is 1. The second-order valence-corrected chi connectivity index (χ2v) is 6.87. The van der Waals surface area contributed by atoms with Crippen molar-refractivity contribution in [3.63, 3.8) is 0 Å². The van der Waals surface area contributed by atoms with Crippen LogP contribution >= 0.6 is 11.8 Å². The van der Waals surface area contributed by atoms with Gasteiger partial charge < -0.3 is 15.4 Å². The van der Waals surface area contributed by atoms with E-state index in [1.54, 1.807) is 11.8 Å². The van der Waals surface area contributed by atoms with E-state index in [1.165, 1.54) is 0 Å². The number of aromatic amines is 1. The Hall–Kier alpha value is -1.04. The summed E-state index contributed by atoms with van der Waals surface area (Å²) >= 11 is 1.72. The Morgan fingerprint density at radius 3 is 2.85 bits per heavy atom. The quantitative estimate of drug-likeness (QED) is 0.687. The largest absolute Gasteiger partial charge is 0.394 e. The van der Waals surface area contributed by atoms with Gasteiger partial charge in [-0.05, 0) is 32.0 Å². The minimum absolute atomic E-state index is 0.145. The summed E-state index contributed by atoms with van der Waals surface area (Å²) in [6.45, 7) is 7.30. The molecule has 0 saturated carbocycles. The molecular weight excluding hydrogens is 270 g/mol. The van der Waals surface area contributed by atoms with Crippen LogP contribution in [0.5, 0.6) is 0 Å². The van der Waals surface area contributed by atoms with Crippen molar-refractivity contribution in [3.8, 4) is 0 Å². The zero-order valence-corrected chi connectivity index (χ0v) is 13.1. The third-order valence-corrected chi connectivity index (χ3v) is 4.36. The molecule has 0 aliphatic rings. The van der Waals surface area contributed by atoms with Gasteiger partial charge in [0.25, 0.3) is 0 Å². The van der Waals surface area contributed by atoms with Crippen LogP contribution in [0.3, 0.4) is 0 Å². The van der Waals surface area contributed by atoms with Crippen molar-refractivity contribution in [1.29, 1.82) is 0 Å². The van der Waals surface area contributed by atoms with E-state index < -0.39 is 0 Å². The van der Waals surface area contributed by atoms with Gasteiger partial charge >= 0.3 is 0 Å². The fourth-order valence-corrected chi connectivity index (χ4v) is 3.62. The summed E-state index contributed by atoms with van der Waals surface area (Å²) < 4.78 is 0. The molecule has 110 valence electrons. The number of thioether (sulfide) groups is 1. The van der Waals surface area contributed by atoms with Crippen LogP contribution in [-0.2, 0) is 0 Å². The highest BCUT2D eigenvalue weighted by molar-refractivity contribution is 7.99. The van der Waals surface area contributed by atoms with Gasteiger partial charge in [-0.25, -0.2) is 4.98 Å². The fraction of sp³-hybridized carbons (Fsp3) is 0.533. The zero-order chi connectivity index (χ0) is 14.6. The van der Waals surface area contributed by atoms with Gasteiger partial charge in [0.15, 0.2) is 5.16 Å². The number of hydrogen-bond donors (Lipinski definition) is 3. The maximum atomic E-state index is 9.55. The first kappa shape index (κ1) is 15.4. The maximum absolute atomic E-state index is 9.55. The third kappa shape index (κ3) is 3.75. The normalized spacial score (nSPS) is 16.2. The first-order chi connectivity index (χ1) is 9.56. The first-order valence-corrected chi connectivity index (χ1v) is 7.91. The van der Waals surface area contributed by atoms with Gasteiger partial charge in [0.2, 0.25) is 0 Å². The Labute approximate surface area is 124 Å². The van der Waals surface area contributed by atoms with Crippen molar-refractivity contribution >= 4 is 22.8 Å². The van der Waals surface area contributed by atoms with E-state index in [4.69, 9.17) is 0 Å². The Morgan fingerprint density at radius 2 is 2.20 bits per heavy atom. The molecule has 4 nitrogen and oxygen atoms in total. The summed E-state index contributed by atoms with van der Waals surface area (Å²) in [6.07, 6.45) is 0.888. The minimum atomic E-state index is -0.229. The summed E-state index contributed by atoms with van der Waals surface area (Å²) in [6, 6.07) is 8.05. The SMILES string of the molecule is CCNC(C)(CO)CC(C)Sc1nc2ccccc2[nH]1. The fourth-order valence-electron chi connectivity index (χ4n) is 2.47. The van der Waals surface area contributed by atoms with Crippen molar-refractivity contribution in [1.82, 2.24) is 15.3 Å². The zero-order valence-electron chi connectivity index (χ0n) is 12.3. The summed E-state index contributed by atoms with van der Waals surface area (Å²) in [7, 11) is 0. The summed E-state index contributed by atoms with van der Waals surface area (Å²) in [5.41, 5.74) is 1.84. The highest BCUT2D eigenvalue weighted by Crippen LogP contribution is 2.28. The molecule has 5 heteroatoms. The predicted octanol–water partition coefficient (Wildman–Crippen LogP) is 2.79. The lowest BCUT2D eigenvalue weighted by Crippen LogP contribution is -2.47.